The Balaban J connectivity index is 2.24. The van der Waals surface area contributed by atoms with Gasteiger partial charge in [0, 0.05) is 5.39 Å². The minimum absolute atomic E-state index is 0.375. The van der Waals surface area contributed by atoms with Crippen molar-refractivity contribution in [3.05, 3.63) is 36.1 Å². The number of carbonyl (C=O) groups is 1. The molecular weight excluding hydrogens is 212 g/mol. The van der Waals surface area contributed by atoms with Gasteiger partial charge in [-0.05, 0) is 23.8 Å². The molecule has 0 bridgehead atoms. The average Bonchev–Trinajstić information content (AvgIpc) is 2.64. The van der Waals surface area contributed by atoms with E-state index >= 15 is 0 Å². The number of urea groups is 1. The summed E-state index contributed by atoms with van der Waals surface area (Å²) in [5.41, 5.74) is 6.85. The number of benzene rings is 1. The topological polar surface area (TPSA) is 59.5 Å². The third-order valence-corrected chi connectivity index (χ3v) is 2.44. The lowest BCUT2D eigenvalue weighted by Gasteiger charge is -2.12. The molecule has 0 aliphatic heterocycles. The summed E-state index contributed by atoms with van der Waals surface area (Å²) in [6.07, 6.45) is 1.63. The monoisotopic (exact) mass is 222 g/mol. The standard InChI is InChI=1S/C10H10N2O2S/c11-10(13)12(15)6-7-1-2-9-8(5-7)3-4-14-9/h1-5,15H,6H2,(H2,11,13). The van der Waals surface area contributed by atoms with Crippen LogP contribution in [-0.2, 0) is 6.54 Å². The van der Waals surface area contributed by atoms with E-state index in [-0.39, 0.29) is 0 Å². The van der Waals surface area contributed by atoms with Gasteiger partial charge in [-0.15, -0.1) is 0 Å². The van der Waals surface area contributed by atoms with Crippen molar-refractivity contribution >= 4 is 29.8 Å². The Labute approximate surface area is 92.2 Å². The van der Waals surface area contributed by atoms with E-state index in [0.29, 0.717) is 6.54 Å². The van der Waals surface area contributed by atoms with Crippen LogP contribution in [0.5, 0.6) is 0 Å². The zero-order chi connectivity index (χ0) is 10.8. The molecule has 1 aromatic heterocycles. The normalized spacial score (nSPS) is 10.5. The van der Waals surface area contributed by atoms with Crippen LogP contribution in [0, 0.1) is 0 Å². The van der Waals surface area contributed by atoms with Crippen LogP contribution in [0.3, 0.4) is 0 Å². The van der Waals surface area contributed by atoms with E-state index in [9.17, 15) is 4.79 Å². The van der Waals surface area contributed by atoms with Crippen molar-refractivity contribution in [1.82, 2.24) is 4.31 Å². The third kappa shape index (κ3) is 2.07. The summed E-state index contributed by atoms with van der Waals surface area (Å²) in [6, 6.07) is 6.97. The van der Waals surface area contributed by atoms with Crippen molar-refractivity contribution in [2.24, 2.45) is 5.73 Å². The molecule has 0 aliphatic rings. The highest BCUT2D eigenvalue weighted by molar-refractivity contribution is 7.78. The maximum absolute atomic E-state index is 10.8. The van der Waals surface area contributed by atoms with E-state index < -0.39 is 6.03 Å². The number of hydrogen-bond acceptors (Lipinski definition) is 3. The number of furan rings is 1. The predicted octanol–water partition coefficient (Wildman–Crippen LogP) is 2.16. The van der Waals surface area contributed by atoms with Crippen molar-refractivity contribution < 1.29 is 9.21 Å². The number of thiol groups is 1. The first kappa shape index (κ1) is 9.92. The molecule has 0 radical (unpaired) electrons. The number of carbonyl (C=O) groups excluding carboxylic acids is 1. The second-order valence-electron chi connectivity index (χ2n) is 3.19. The molecule has 1 aromatic carbocycles. The van der Waals surface area contributed by atoms with Crippen LogP contribution < -0.4 is 5.73 Å². The molecule has 0 saturated carbocycles. The van der Waals surface area contributed by atoms with Crippen molar-refractivity contribution in [3.63, 3.8) is 0 Å². The van der Waals surface area contributed by atoms with E-state index in [4.69, 9.17) is 10.2 Å². The van der Waals surface area contributed by atoms with Gasteiger partial charge >= 0.3 is 6.03 Å². The van der Waals surface area contributed by atoms with Crippen LogP contribution in [-0.4, -0.2) is 10.3 Å². The maximum atomic E-state index is 10.8. The number of rotatable bonds is 2. The molecule has 1 heterocycles. The number of fused-ring (bicyclic) bond motifs is 1. The maximum Gasteiger partial charge on any atom is 0.324 e. The highest BCUT2D eigenvalue weighted by Crippen LogP contribution is 2.18. The molecule has 2 rings (SSSR count). The Morgan fingerprint density at radius 3 is 3.00 bits per heavy atom. The largest absolute Gasteiger partial charge is 0.464 e. The molecule has 5 heteroatoms. The molecule has 2 N–H and O–H groups in total. The fraction of sp³-hybridized carbons (Fsp3) is 0.100. The first-order chi connectivity index (χ1) is 7.16. The third-order valence-electron chi connectivity index (χ3n) is 2.10. The van der Waals surface area contributed by atoms with Crippen LogP contribution in [0.15, 0.2) is 34.9 Å². The summed E-state index contributed by atoms with van der Waals surface area (Å²) in [6.45, 7) is 0.375. The average molecular weight is 222 g/mol. The van der Waals surface area contributed by atoms with Crippen LogP contribution in [0.25, 0.3) is 11.0 Å². The molecule has 2 aromatic rings. The van der Waals surface area contributed by atoms with Gasteiger partial charge in [-0.25, -0.2) is 4.79 Å². The van der Waals surface area contributed by atoms with Gasteiger partial charge in [0.15, 0.2) is 0 Å². The quantitative estimate of drug-likeness (QED) is 0.765. The molecule has 0 atom stereocenters. The van der Waals surface area contributed by atoms with E-state index in [0.717, 1.165) is 20.8 Å². The van der Waals surface area contributed by atoms with Crippen molar-refractivity contribution in [3.8, 4) is 0 Å². The summed E-state index contributed by atoms with van der Waals surface area (Å²) in [5, 5.41) is 0.999. The number of amides is 2. The molecule has 0 saturated heterocycles. The molecule has 2 amide bonds. The minimum Gasteiger partial charge on any atom is -0.464 e. The lowest BCUT2D eigenvalue weighted by molar-refractivity contribution is 0.234. The van der Waals surface area contributed by atoms with Crippen LogP contribution >= 0.6 is 12.8 Å². The summed E-state index contributed by atoms with van der Waals surface area (Å²) in [4.78, 5) is 10.8. The molecule has 78 valence electrons. The van der Waals surface area contributed by atoms with Gasteiger partial charge in [0.05, 0.1) is 12.8 Å². The molecule has 0 spiro atoms. The van der Waals surface area contributed by atoms with Gasteiger partial charge in [0.1, 0.15) is 5.58 Å². The zero-order valence-corrected chi connectivity index (χ0v) is 8.78. The van der Waals surface area contributed by atoms with Gasteiger partial charge in [-0.3, -0.25) is 4.31 Å². The predicted molar refractivity (Wildman–Crippen MR) is 60.3 cm³/mol. The van der Waals surface area contributed by atoms with Crippen molar-refractivity contribution in [2.45, 2.75) is 6.54 Å². The Morgan fingerprint density at radius 2 is 2.27 bits per heavy atom. The minimum atomic E-state index is -0.564. The second-order valence-corrected chi connectivity index (χ2v) is 3.67. The highest BCUT2D eigenvalue weighted by atomic mass is 32.1. The summed E-state index contributed by atoms with van der Waals surface area (Å²) in [5.74, 6) is 0. The number of nitrogens with two attached hydrogens (primary N) is 1. The first-order valence-corrected chi connectivity index (χ1v) is 4.79. The van der Waals surface area contributed by atoms with Gasteiger partial charge < -0.3 is 10.2 Å². The smallest absolute Gasteiger partial charge is 0.324 e. The Morgan fingerprint density at radius 1 is 1.47 bits per heavy atom. The molecule has 0 fully saturated rings. The van der Waals surface area contributed by atoms with E-state index in [1.165, 1.54) is 0 Å². The van der Waals surface area contributed by atoms with Gasteiger partial charge in [-0.2, -0.15) is 0 Å². The first-order valence-electron chi connectivity index (χ1n) is 4.39. The zero-order valence-electron chi connectivity index (χ0n) is 7.88. The second kappa shape index (κ2) is 3.86. The Hall–Kier alpha value is -1.62. The molecular formula is C10H10N2O2S. The SMILES string of the molecule is NC(=O)N(S)Cc1ccc2occc2c1. The number of nitrogens with zero attached hydrogens (tertiary/aromatic N) is 1. The van der Waals surface area contributed by atoms with Crippen molar-refractivity contribution in [1.29, 1.82) is 0 Å². The molecule has 0 unspecified atom stereocenters. The van der Waals surface area contributed by atoms with Crippen LogP contribution in [0.4, 0.5) is 4.79 Å². The van der Waals surface area contributed by atoms with Gasteiger partial charge in [-0.1, -0.05) is 18.9 Å². The van der Waals surface area contributed by atoms with Crippen LogP contribution in [0.2, 0.25) is 0 Å². The summed E-state index contributed by atoms with van der Waals surface area (Å²) < 4.78 is 6.35. The van der Waals surface area contributed by atoms with E-state index in [1.54, 1.807) is 6.26 Å². The van der Waals surface area contributed by atoms with E-state index in [1.807, 2.05) is 24.3 Å². The summed E-state index contributed by atoms with van der Waals surface area (Å²) >= 11 is 3.95. The molecule has 15 heavy (non-hydrogen) atoms. The molecule has 4 nitrogen and oxygen atoms in total. The number of primary amides is 1. The fourth-order valence-corrected chi connectivity index (χ4v) is 1.53. The van der Waals surface area contributed by atoms with Crippen LogP contribution in [0.1, 0.15) is 5.56 Å². The van der Waals surface area contributed by atoms with E-state index in [2.05, 4.69) is 12.8 Å². The molecule has 0 aliphatic carbocycles. The Kier molecular flexibility index (Phi) is 2.55. The van der Waals surface area contributed by atoms with Gasteiger partial charge in [0.2, 0.25) is 0 Å². The highest BCUT2D eigenvalue weighted by Gasteiger charge is 2.06. The lowest BCUT2D eigenvalue weighted by Crippen LogP contribution is -2.27. The van der Waals surface area contributed by atoms with Crippen molar-refractivity contribution in [2.75, 3.05) is 0 Å². The fourth-order valence-electron chi connectivity index (χ4n) is 1.37. The van der Waals surface area contributed by atoms with Gasteiger partial charge in [0.25, 0.3) is 0 Å². The Bertz CT molecular complexity index is 495. The summed E-state index contributed by atoms with van der Waals surface area (Å²) in [7, 11) is 0. The number of hydrogen-bond donors (Lipinski definition) is 2. The lowest BCUT2D eigenvalue weighted by atomic mass is 10.1.